The summed E-state index contributed by atoms with van der Waals surface area (Å²) in [4.78, 5) is 25.2. The molecule has 0 radical (unpaired) electrons. The molecular weight excluding hydrogens is 223 g/mol. The van der Waals surface area contributed by atoms with E-state index in [1.807, 2.05) is 0 Å². The normalized spacial score (nSPS) is 15.5. The van der Waals surface area contributed by atoms with Gasteiger partial charge in [-0.15, -0.1) is 0 Å². The molecule has 4 nitrogen and oxygen atoms in total. The quantitative estimate of drug-likeness (QED) is 0.746. The molecule has 0 N–H and O–H groups in total. The van der Waals surface area contributed by atoms with Gasteiger partial charge in [-0.25, -0.2) is 9.18 Å². The van der Waals surface area contributed by atoms with Crippen molar-refractivity contribution in [3.05, 3.63) is 30.1 Å². The summed E-state index contributed by atoms with van der Waals surface area (Å²) >= 11 is 0. The SMILES string of the molecule is O=CCCN1CCN(c2ccccc2F)C1=O. The molecule has 0 atom stereocenters. The fourth-order valence-electron chi connectivity index (χ4n) is 1.89. The molecule has 5 heteroatoms. The highest BCUT2D eigenvalue weighted by Gasteiger charge is 2.30. The highest BCUT2D eigenvalue weighted by molar-refractivity contribution is 5.94. The van der Waals surface area contributed by atoms with E-state index in [2.05, 4.69) is 0 Å². The molecular formula is C12H13FN2O2. The Kier molecular flexibility index (Phi) is 3.37. The summed E-state index contributed by atoms with van der Waals surface area (Å²) < 4.78 is 13.5. The Labute approximate surface area is 98.6 Å². The van der Waals surface area contributed by atoms with Crippen molar-refractivity contribution < 1.29 is 14.0 Å². The summed E-state index contributed by atoms with van der Waals surface area (Å²) in [6.45, 7) is 1.38. The molecule has 1 saturated heterocycles. The maximum absolute atomic E-state index is 13.5. The van der Waals surface area contributed by atoms with Crippen molar-refractivity contribution in [1.82, 2.24) is 4.90 Å². The number of hydrogen-bond donors (Lipinski definition) is 0. The topological polar surface area (TPSA) is 40.6 Å². The highest BCUT2D eigenvalue weighted by Crippen LogP contribution is 2.23. The fraction of sp³-hybridized carbons (Fsp3) is 0.333. The van der Waals surface area contributed by atoms with Crippen LogP contribution in [0.15, 0.2) is 24.3 Å². The van der Waals surface area contributed by atoms with Gasteiger partial charge in [0.2, 0.25) is 0 Å². The lowest BCUT2D eigenvalue weighted by Crippen LogP contribution is -2.33. The lowest BCUT2D eigenvalue weighted by Gasteiger charge is -2.18. The van der Waals surface area contributed by atoms with Crippen LogP contribution in [0.5, 0.6) is 0 Å². The first-order valence-electron chi connectivity index (χ1n) is 5.48. The van der Waals surface area contributed by atoms with Gasteiger partial charge in [0, 0.05) is 26.1 Å². The third kappa shape index (κ3) is 2.27. The van der Waals surface area contributed by atoms with Gasteiger partial charge < -0.3 is 9.69 Å². The van der Waals surface area contributed by atoms with Crippen LogP contribution in [0.25, 0.3) is 0 Å². The maximum Gasteiger partial charge on any atom is 0.324 e. The van der Waals surface area contributed by atoms with E-state index in [1.165, 1.54) is 11.0 Å². The molecule has 1 aromatic carbocycles. The smallest absolute Gasteiger partial charge is 0.322 e. The molecule has 0 bridgehead atoms. The summed E-state index contributed by atoms with van der Waals surface area (Å²) in [6, 6.07) is 5.95. The Bertz CT molecular complexity index is 436. The third-order valence-corrected chi connectivity index (χ3v) is 2.76. The van der Waals surface area contributed by atoms with Gasteiger partial charge in [-0.3, -0.25) is 4.90 Å². The van der Waals surface area contributed by atoms with E-state index in [-0.39, 0.29) is 6.03 Å². The lowest BCUT2D eigenvalue weighted by molar-refractivity contribution is -0.108. The number of carbonyl (C=O) groups excluding carboxylic acids is 2. The van der Waals surface area contributed by atoms with Gasteiger partial charge >= 0.3 is 6.03 Å². The number of carbonyl (C=O) groups is 2. The maximum atomic E-state index is 13.5. The molecule has 0 unspecified atom stereocenters. The molecule has 1 aliphatic heterocycles. The zero-order valence-corrected chi connectivity index (χ0v) is 9.30. The number of hydrogen-bond acceptors (Lipinski definition) is 2. The minimum absolute atomic E-state index is 0.239. The van der Waals surface area contributed by atoms with Crippen molar-refractivity contribution in [2.24, 2.45) is 0 Å². The second kappa shape index (κ2) is 4.95. The zero-order chi connectivity index (χ0) is 12.3. The van der Waals surface area contributed by atoms with E-state index >= 15 is 0 Å². The number of amides is 2. The number of urea groups is 1. The Hall–Kier alpha value is -1.91. The van der Waals surface area contributed by atoms with Crippen LogP contribution in [-0.4, -0.2) is 36.9 Å². The van der Waals surface area contributed by atoms with Crippen LogP contribution in [0, 0.1) is 5.82 Å². The van der Waals surface area contributed by atoms with E-state index in [4.69, 9.17) is 0 Å². The largest absolute Gasteiger partial charge is 0.324 e. The predicted molar refractivity (Wildman–Crippen MR) is 61.4 cm³/mol. The summed E-state index contributed by atoms with van der Waals surface area (Å²) in [5, 5.41) is 0. The van der Waals surface area contributed by atoms with Crippen molar-refractivity contribution in [2.75, 3.05) is 24.5 Å². The van der Waals surface area contributed by atoms with E-state index in [1.54, 1.807) is 23.1 Å². The van der Waals surface area contributed by atoms with Gasteiger partial charge in [-0.2, -0.15) is 0 Å². The van der Waals surface area contributed by atoms with E-state index < -0.39 is 5.82 Å². The second-order valence-electron chi connectivity index (χ2n) is 3.83. The molecule has 1 aromatic rings. The number of halogens is 1. The van der Waals surface area contributed by atoms with Gasteiger partial charge in [-0.05, 0) is 12.1 Å². The van der Waals surface area contributed by atoms with Crippen molar-refractivity contribution >= 4 is 18.0 Å². The Morgan fingerprint density at radius 3 is 2.76 bits per heavy atom. The zero-order valence-electron chi connectivity index (χ0n) is 9.30. The highest BCUT2D eigenvalue weighted by atomic mass is 19.1. The molecule has 0 aliphatic carbocycles. The summed E-state index contributed by atoms with van der Waals surface area (Å²) in [5.74, 6) is -0.405. The number of benzene rings is 1. The Balaban J connectivity index is 2.12. The molecule has 90 valence electrons. The predicted octanol–water partition coefficient (Wildman–Crippen LogP) is 1.66. The third-order valence-electron chi connectivity index (χ3n) is 2.76. The monoisotopic (exact) mass is 236 g/mol. The molecule has 2 rings (SSSR count). The van der Waals surface area contributed by atoms with Crippen LogP contribution >= 0.6 is 0 Å². The first-order chi connectivity index (χ1) is 8.24. The standard InChI is InChI=1S/C12H13FN2O2/c13-10-4-1-2-5-11(10)15-8-7-14(12(15)17)6-3-9-16/h1-2,4-5,9H,3,6-8H2. The van der Waals surface area contributed by atoms with E-state index in [0.717, 1.165) is 6.29 Å². The van der Waals surface area contributed by atoms with Crippen molar-refractivity contribution in [2.45, 2.75) is 6.42 Å². The lowest BCUT2D eigenvalue weighted by atomic mass is 10.3. The number of anilines is 1. The van der Waals surface area contributed by atoms with Crippen molar-refractivity contribution in [3.63, 3.8) is 0 Å². The minimum Gasteiger partial charge on any atom is -0.322 e. The van der Waals surface area contributed by atoms with Crippen LogP contribution in [0.3, 0.4) is 0 Å². The van der Waals surface area contributed by atoms with Crippen LogP contribution in [0.2, 0.25) is 0 Å². The molecule has 1 fully saturated rings. The fourth-order valence-corrected chi connectivity index (χ4v) is 1.89. The second-order valence-corrected chi connectivity index (χ2v) is 3.83. The average molecular weight is 236 g/mol. The number of aldehydes is 1. The van der Waals surface area contributed by atoms with Crippen LogP contribution in [0.1, 0.15) is 6.42 Å². The molecule has 17 heavy (non-hydrogen) atoms. The van der Waals surface area contributed by atoms with Gasteiger partial charge in [0.15, 0.2) is 0 Å². The first-order valence-corrected chi connectivity index (χ1v) is 5.48. The number of para-hydroxylation sites is 1. The Morgan fingerprint density at radius 2 is 2.06 bits per heavy atom. The molecule has 1 aliphatic rings. The van der Waals surface area contributed by atoms with Gasteiger partial charge in [-0.1, -0.05) is 12.1 Å². The summed E-state index contributed by atoms with van der Waals surface area (Å²) in [6.07, 6.45) is 1.09. The summed E-state index contributed by atoms with van der Waals surface area (Å²) in [7, 11) is 0. The average Bonchev–Trinajstić information content (AvgIpc) is 2.69. The summed E-state index contributed by atoms with van der Waals surface area (Å²) in [5.41, 5.74) is 0.297. The van der Waals surface area contributed by atoms with Crippen LogP contribution in [-0.2, 0) is 4.79 Å². The van der Waals surface area contributed by atoms with E-state index in [0.29, 0.717) is 31.7 Å². The van der Waals surface area contributed by atoms with Gasteiger partial charge in [0.05, 0.1) is 5.69 Å². The molecule has 1 heterocycles. The van der Waals surface area contributed by atoms with Crippen molar-refractivity contribution in [1.29, 1.82) is 0 Å². The molecule has 0 saturated carbocycles. The Morgan fingerprint density at radius 1 is 1.29 bits per heavy atom. The number of nitrogens with zero attached hydrogens (tertiary/aromatic N) is 2. The van der Waals surface area contributed by atoms with Gasteiger partial charge in [0.1, 0.15) is 12.1 Å². The molecule has 0 spiro atoms. The first kappa shape index (κ1) is 11.6. The van der Waals surface area contributed by atoms with Crippen molar-refractivity contribution in [3.8, 4) is 0 Å². The number of rotatable bonds is 4. The van der Waals surface area contributed by atoms with Gasteiger partial charge in [0.25, 0.3) is 0 Å². The molecule has 0 aromatic heterocycles. The minimum atomic E-state index is -0.405. The van der Waals surface area contributed by atoms with Crippen LogP contribution < -0.4 is 4.90 Å². The van der Waals surface area contributed by atoms with Crippen LogP contribution in [0.4, 0.5) is 14.9 Å². The molecule has 2 amide bonds. The van der Waals surface area contributed by atoms with E-state index in [9.17, 15) is 14.0 Å².